The number of nitrogens with one attached hydrogen (secondary N) is 1. The molecular weight excluding hydrogens is 440 g/mol. The van der Waals surface area contributed by atoms with Gasteiger partial charge in [0.1, 0.15) is 5.69 Å². The van der Waals surface area contributed by atoms with Crippen LogP contribution >= 0.6 is 0 Å². The smallest absolute Gasteiger partial charge is 0.309 e. The molecule has 1 N–H and O–H groups in total. The fraction of sp³-hybridized carbons (Fsp3) is 0.542. The molecule has 0 bridgehead atoms. The highest BCUT2D eigenvalue weighted by Crippen LogP contribution is 2.31. The lowest BCUT2D eigenvalue weighted by Gasteiger charge is -2.30. The van der Waals surface area contributed by atoms with Crippen LogP contribution in [0, 0.1) is 5.92 Å². The zero-order valence-corrected chi connectivity index (χ0v) is 20.1. The summed E-state index contributed by atoms with van der Waals surface area (Å²) in [6, 6.07) is 5.25. The highest BCUT2D eigenvalue weighted by molar-refractivity contribution is 5.77. The second-order valence-electron chi connectivity index (χ2n) is 8.39. The van der Waals surface area contributed by atoms with Crippen LogP contribution in [-0.2, 0) is 20.7 Å². The number of H-pyrrole nitrogens is 1. The third-order valence-corrected chi connectivity index (χ3v) is 5.61. The summed E-state index contributed by atoms with van der Waals surface area (Å²) in [7, 11) is 1.54. The Bertz CT molecular complexity index is 1060. The number of piperidine rings is 1. The molecule has 0 spiro atoms. The van der Waals surface area contributed by atoms with Gasteiger partial charge in [-0.05, 0) is 51.8 Å². The van der Waals surface area contributed by atoms with Crippen molar-refractivity contribution in [2.75, 3.05) is 26.8 Å². The van der Waals surface area contributed by atoms with Gasteiger partial charge in [-0.1, -0.05) is 0 Å². The first-order valence-corrected chi connectivity index (χ1v) is 11.6. The van der Waals surface area contributed by atoms with Crippen LogP contribution in [0.4, 0.5) is 0 Å². The number of aryl methyl sites for hydroxylation is 1. The Morgan fingerprint density at radius 2 is 1.91 bits per heavy atom. The van der Waals surface area contributed by atoms with Gasteiger partial charge in [0, 0.05) is 31.5 Å². The van der Waals surface area contributed by atoms with Gasteiger partial charge >= 0.3 is 5.97 Å². The Kier molecular flexibility index (Phi) is 8.61. The topological polar surface area (TPSA) is 124 Å². The van der Waals surface area contributed by atoms with Gasteiger partial charge in [0.05, 0.1) is 25.7 Å². The minimum absolute atomic E-state index is 0.00901. The SMILES string of the molecule is CCOC(=O)C1CCN(C(=O)CCc2nnc(-c3ccc(OC(C)C)c(OC)c3)[nH]c2=O)CC1. The van der Waals surface area contributed by atoms with Crippen LogP contribution in [0.15, 0.2) is 23.0 Å². The lowest BCUT2D eigenvalue weighted by molar-refractivity contribution is -0.151. The number of likely N-dealkylation sites (tertiary alicyclic amines) is 1. The van der Waals surface area contributed by atoms with Crippen LogP contribution < -0.4 is 15.0 Å². The number of nitrogens with zero attached hydrogens (tertiary/aromatic N) is 3. The molecule has 34 heavy (non-hydrogen) atoms. The molecule has 1 aliphatic rings. The van der Waals surface area contributed by atoms with E-state index in [2.05, 4.69) is 15.2 Å². The standard InChI is InChI=1S/C24H32N4O6/c1-5-33-24(31)16-10-12-28(13-11-16)21(29)9-7-18-23(30)25-22(27-26-18)17-6-8-19(34-15(2)3)20(14-17)32-4/h6,8,14-16H,5,7,9-13H2,1-4H3,(H,25,27,30). The molecule has 0 saturated carbocycles. The number of carbonyl (C=O) groups excluding carboxylic acids is 2. The number of hydrogen-bond donors (Lipinski definition) is 1. The number of hydrogen-bond acceptors (Lipinski definition) is 8. The maximum atomic E-state index is 12.6. The van der Waals surface area contributed by atoms with Crippen molar-refractivity contribution >= 4 is 11.9 Å². The number of benzene rings is 1. The average Bonchev–Trinajstić information content (AvgIpc) is 2.83. The summed E-state index contributed by atoms with van der Waals surface area (Å²) >= 11 is 0. The molecule has 1 amide bonds. The van der Waals surface area contributed by atoms with Crippen molar-refractivity contribution in [3.05, 3.63) is 34.2 Å². The van der Waals surface area contributed by atoms with Crippen LogP contribution in [0.2, 0.25) is 0 Å². The van der Waals surface area contributed by atoms with Gasteiger partial charge in [0.25, 0.3) is 5.56 Å². The largest absolute Gasteiger partial charge is 0.493 e. The number of esters is 1. The quantitative estimate of drug-likeness (QED) is 0.552. The molecule has 1 aromatic carbocycles. The first-order chi connectivity index (χ1) is 16.3. The summed E-state index contributed by atoms with van der Waals surface area (Å²) in [6.07, 6.45) is 1.50. The van der Waals surface area contributed by atoms with E-state index >= 15 is 0 Å². The molecule has 0 unspecified atom stereocenters. The molecule has 184 valence electrons. The monoisotopic (exact) mass is 472 g/mol. The number of ether oxygens (including phenoxy) is 3. The molecule has 1 fully saturated rings. The molecule has 1 aromatic heterocycles. The molecule has 0 aliphatic carbocycles. The van der Waals surface area contributed by atoms with Crippen molar-refractivity contribution in [2.24, 2.45) is 5.92 Å². The van der Waals surface area contributed by atoms with Crippen LogP contribution in [0.25, 0.3) is 11.4 Å². The third kappa shape index (κ3) is 6.33. The normalized spacial score (nSPS) is 14.2. The second-order valence-corrected chi connectivity index (χ2v) is 8.39. The molecule has 0 radical (unpaired) electrons. The predicted octanol–water partition coefficient (Wildman–Crippen LogP) is 2.36. The number of aromatic amines is 1. The lowest BCUT2D eigenvalue weighted by Crippen LogP contribution is -2.40. The summed E-state index contributed by atoms with van der Waals surface area (Å²) in [5, 5.41) is 8.19. The van der Waals surface area contributed by atoms with Gasteiger partial charge in [-0.25, -0.2) is 0 Å². The lowest BCUT2D eigenvalue weighted by atomic mass is 9.96. The van der Waals surface area contributed by atoms with Gasteiger partial charge in [-0.3, -0.25) is 14.4 Å². The van der Waals surface area contributed by atoms with E-state index in [-0.39, 0.29) is 48.0 Å². The van der Waals surface area contributed by atoms with E-state index in [4.69, 9.17) is 14.2 Å². The number of rotatable bonds is 9. The minimum atomic E-state index is -0.389. The Balaban J connectivity index is 1.59. The van der Waals surface area contributed by atoms with E-state index in [9.17, 15) is 14.4 Å². The molecule has 0 atom stereocenters. The summed E-state index contributed by atoms with van der Waals surface area (Å²) in [5.74, 6) is 0.993. The van der Waals surface area contributed by atoms with Crippen molar-refractivity contribution < 1.29 is 23.8 Å². The van der Waals surface area contributed by atoms with Gasteiger partial charge in [0.15, 0.2) is 17.3 Å². The molecular formula is C24H32N4O6. The Labute approximate surface area is 198 Å². The highest BCUT2D eigenvalue weighted by Gasteiger charge is 2.28. The predicted molar refractivity (Wildman–Crippen MR) is 125 cm³/mol. The first-order valence-electron chi connectivity index (χ1n) is 11.6. The van der Waals surface area contributed by atoms with Crippen LogP contribution in [0.3, 0.4) is 0 Å². The van der Waals surface area contributed by atoms with Gasteiger partial charge in [0.2, 0.25) is 5.91 Å². The third-order valence-electron chi connectivity index (χ3n) is 5.61. The van der Waals surface area contributed by atoms with E-state index in [0.29, 0.717) is 55.4 Å². The van der Waals surface area contributed by atoms with E-state index in [1.54, 1.807) is 37.1 Å². The summed E-state index contributed by atoms with van der Waals surface area (Å²) in [5.41, 5.74) is 0.440. The second kappa shape index (κ2) is 11.6. The molecule has 2 aromatic rings. The maximum Gasteiger partial charge on any atom is 0.309 e. The van der Waals surface area contributed by atoms with Gasteiger partial charge in [-0.2, -0.15) is 0 Å². The molecule has 10 nitrogen and oxygen atoms in total. The summed E-state index contributed by atoms with van der Waals surface area (Å²) in [6.45, 7) is 6.99. The van der Waals surface area contributed by atoms with Crippen LogP contribution in [-0.4, -0.2) is 64.9 Å². The fourth-order valence-corrected chi connectivity index (χ4v) is 3.83. The van der Waals surface area contributed by atoms with Crippen LogP contribution in [0.5, 0.6) is 11.5 Å². The van der Waals surface area contributed by atoms with Gasteiger partial charge < -0.3 is 24.1 Å². The molecule has 1 saturated heterocycles. The zero-order chi connectivity index (χ0) is 24.7. The molecule has 3 rings (SSSR count). The first kappa shape index (κ1) is 25.2. The van der Waals surface area contributed by atoms with E-state index in [0.717, 1.165) is 0 Å². The average molecular weight is 473 g/mol. The molecule has 10 heteroatoms. The Hall–Kier alpha value is -3.43. The highest BCUT2D eigenvalue weighted by atomic mass is 16.5. The number of aromatic nitrogens is 3. The van der Waals surface area contributed by atoms with Gasteiger partial charge in [-0.15, -0.1) is 10.2 Å². The summed E-state index contributed by atoms with van der Waals surface area (Å²) in [4.78, 5) is 41.4. The van der Waals surface area contributed by atoms with Crippen molar-refractivity contribution in [1.82, 2.24) is 20.1 Å². The zero-order valence-electron chi connectivity index (χ0n) is 20.1. The van der Waals surface area contributed by atoms with Crippen molar-refractivity contribution in [3.63, 3.8) is 0 Å². The Morgan fingerprint density at radius 1 is 1.18 bits per heavy atom. The maximum absolute atomic E-state index is 12.6. The van der Waals surface area contributed by atoms with Crippen molar-refractivity contribution in [1.29, 1.82) is 0 Å². The van der Waals surface area contributed by atoms with Crippen molar-refractivity contribution in [2.45, 2.75) is 52.6 Å². The number of amides is 1. The fourth-order valence-electron chi connectivity index (χ4n) is 3.83. The van der Waals surface area contributed by atoms with E-state index in [1.165, 1.54) is 0 Å². The number of methoxy groups -OCH3 is 1. The van der Waals surface area contributed by atoms with Crippen molar-refractivity contribution in [3.8, 4) is 22.9 Å². The molecule has 2 heterocycles. The number of carbonyl (C=O) groups is 2. The van der Waals surface area contributed by atoms with E-state index in [1.807, 2.05) is 13.8 Å². The summed E-state index contributed by atoms with van der Waals surface area (Å²) < 4.78 is 16.2. The van der Waals surface area contributed by atoms with E-state index < -0.39 is 0 Å². The molecule has 1 aliphatic heterocycles. The Morgan fingerprint density at radius 3 is 2.53 bits per heavy atom. The minimum Gasteiger partial charge on any atom is -0.493 e. The van der Waals surface area contributed by atoms with Crippen LogP contribution in [0.1, 0.15) is 45.7 Å².